The highest BCUT2D eigenvalue weighted by Gasteiger charge is 2.45. The number of fused-ring (bicyclic) bond motifs is 1. The van der Waals surface area contributed by atoms with Crippen LogP contribution in [-0.2, 0) is 4.74 Å². The molecule has 0 radical (unpaired) electrons. The van der Waals surface area contributed by atoms with Gasteiger partial charge in [-0.1, -0.05) is 11.6 Å². The molecule has 0 aromatic rings. The number of anilines is 1. The van der Waals surface area contributed by atoms with Crippen LogP contribution in [0.2, 0.25) is 0 Å². The molecule has 27 heavy (non-hydrogen) atoms. The molecule has 1 saturated heterocycles. The second-order valence-corrected chi connectivity index (χ2v) is 6.36. The number of aliphatic hydroxyl groups excluding tert-OH is 5. The van der Waals surface area contributed by atoms with Gasteiger partial charge in [-0.15, -0.1) is 0 Å². The minimum absolute atomic E-state index is 0.0351. The average molecular weight is 381 g/mol. The van der Waals surface area contributed by atoms with Gasteiger partial charge in [0.25, 0.3) is 0 Å². The number of rotatable bonds is 6. The lowest BCUT2D eigenvalue weighted by Crippen LogP contribution is -2.56. The molecule has 148 valence electrons. The standard InChI is InChI=1S/C16H23N5O6/c1-8(4-22)2-3-17-14-10-15(19-6-18-10)21(7-20-14)16-13(26)12(25)11(24)9(5-23)27-16/h2,6-7,9,11-13,16-17,22-26H,3-5H2,1H3/b8-2-/t9-,11-,12+,13-,16?/m1/s1. The van der Waals surface area contributed by atoms with Crippen molar-refractivity contribution in [1.82, 2.24) is 19.5 Å². The van der Waals surface area contributed by atoms with Gasteiger partial charge in [-0.05, 0) is 6.92 Å². The molecule has 11 heteroatoms. The largest absolute Gasteiger partial charge is 0.394 e. The number of nitrogens with one attached hydrogen (secondary N) is 1. The van der Waals surface area contributed by atoms with Gasteiger partial charge in [-0.2, -0.15) is 0 Å². The number of ether oxygens (including phenoxy) is 1. The fourth-order valence-corrected chi connectivity index (χ4v) is 2.87. The lowest BCUT2D eigenvalue weighted by Gasteiger charge is -2.41. The summed E-state index contributed by atoms with van der Waals surface area (Å²) < 4.78 is 6.94. The fraction of sp³-hybridized carbons (Fsp3) is 0.562. The van der Waals surface area contributed by atoms with Crippen LogP contribution in [0.3, 0.4) is 0 Å². The smallest absolute Gasteiger partial charge is 0.167 e. The van der Waals surface area contributed by atoms with Gasteiger partial charge in [0.1, 0.15) is 37.1 Å². The van der Waals surface area contributed by atoms with Gasteiger partial charge < -0.3 is 35.6 Å². The average Bonchev–Trinajstić information content (AvgIpc) is 3.17. The van der Waals surface area contributed by atoms with Gasteiger partial charge in [0.2, 0.25) is 0 Å². The van der Waals surface area contributed by atoms with E-state index in [9.17, 15) is 20.4 Å². The molecule has 0 aliphatic carbocycles. The van der Waals surface area contributed by atoms with Gasteiger partial charge in [0.05, 0.1) is 13.2 Å². The second-order valence-electron chi connectivity index (χ2n) is 6.36. The van der Waals surface area contributed by atoms with Crippen molar-refractivity contribution in [3.05, 3.63) is 24.3 Å². The molecule has 3 aliphatic heterocycles. The van der Waals surface area contributed by atoms with E-state index < -0.39 is 37.3 Å². The summed E-state index contributed by atoms with van der Waals surface area (Å²) in [5, 5.41) is 51.7. The van der Waals surface area contributed by atoms with E-state index in [0.717, 1.165) is 5.57 Å². The third-order valence-corrected chi connectivity index (χ3v) is 4.47. The second kappa shape index (κ2) is 8.25. The summed E-state index contributed by atoms with van der Waals surface area (Å²) in [4.78, 5) is 12.6. The van der Waals surface area contributed by atoms with Gasteiger partial charge >= 0.3 is 0 Å². The Kier molecular flexibility index (Phi) is 5.99. The van der Waals surface area contributed by atoms with Crippen molar-refractivity contribution in [3.8, 4) is 11.5 Å². The number of hydrogen-bond donors (Lipinski definition) is 6. The predicted molar refractivity (Wildman–Crippen MR) is 92.8 cm³/mol. The maximum Gasteiger partial charge on any atom is 0.167 e. The number of aliphatic hydroxyl groups is 5. The van der Waals surface area contributed by atoms with E-state index in [1.807, 2.05) is 6.08 Å². The summed E-state index contributed by atoms with van der Waals surface area (Å²) in [6.45, 7) is 1.66. The molecular weight excluding hydrogens is 358 g/mol. The molecular formula is C16H23N5O6. The molecule has 0 aromatic heterocycles. The first kappa shape index (κ1) is 19.6. The Morgan fingerprint density at radius 2 is 1.96 bits per heavy atom. The van der Waals surface area contributed by atoms with Gasteiger partial charge in [-0.3, -0.25) is 4.57 Å². The monoisotopic (exact) mass is 381 g/mol. The Balaban J connectivity index is 1.88. The van der Waals surface area contributed by atoms with Crippen LogP contribution in [-0.4, -0.2) is 89.2 Å². The van der Waals surface area contributed by atoms with E-state index >= 15 is 0 Å². The summed E-state index contributed by atoms with van der Waals surface area (Å²) in [6, 6.07) is 0. The van der Waals surface area contributed by atoms with Crippen LogP contribution in [0.4, 0.5) is 5.82 Å². The lowest BCUT2D eigenvalue weighted by atomic mass is 9.98. The van der Waals surface area contributed by atoms with E-state index in [4.69, 9.17) is 9.84 Å². The minimum Gasteiger partial charge on any atom is -0.394 e. The molecule has 5 atom stereocenters. The van der Waals surface area contributed by atoms with E-state index in [2.05, 4.69) is 20.3 Å². The van der Waals surface area contributed by atoms with E-state index in [-0.39, 0.29) is 6.61 Å². The zero-order valence-electron chi connectivity index (χ0n) is 14.7. The first-order valence-corrected chi connectivity index (χ1v) is 8.46. The Labute approximate surface area is 154 Å². The van der Waals surface area contributed by atoms with Crippen LogP contribution in [0, 0.1) is 0 Å². The molecule has 1 fully saturated rings. The molecule has 11 nitrogen and oxygen atoms in total. The summed E-state index contributed by atoms with van der Waals surface area (Å²) in [5.41, 5.74) is 1.23. The van der Waals surface area contributed by atoms with Crippen molar-refractivity contribution >= 4 is 5.82 Å². The molecule has 3 rings (SSSR count). The molecule has 1 unspecified atom stereocenters. The van der Waals surface area contributed by atoms with Crippen LogP contribution in [0.25, 0.3) is 11.5 Å². The van der Waals surface area contributed by atoms with Crippen molar-refractivity contribution in [2.24, 2.45) is 0 Å². The van der Waals surface area contributed by atoms with Gasteiger partial charge in [0, 0.05) is 6.54 Å². The highest BCUT2D eigenvalue weighted by atomic mass is 16.6. The Morgan fingerprint density at radius 3 is 2.67 bits per heavy atom. The predicted octanol–water partition coefficient (Wildman–Crippen LogP) is -1.90. The first-order valence-electron chi connectivity index (χ1n) is 8.46. The van der Waals surface area contributed by atoms with E-state index in [1.165, 1.54) is 17.2 Å². The Morgan fingerprint density at radius 1 is 1.19 bits per heavy atom. The normalized spacial score (nSPS) is 29.3. The first-order chi connectivity index (χ1) is 13.0. The topological polar surface area (TPSA) is 166 Å². The van der Waals surface area contributed by atoms with E-state index in [1.54, 1.807) is 6.92 Å². The molecule has 0 spiro atoms. The Hall–Kier alpha value is -2.15. The Bertz CT molecular complexity index is 766. The van der Waals surface area contributed by atoms with E-state index in [0.29, 0.717) is 23.9 Å². The molecule has 0 amide bonds. The van der Waals surface area contributed by atoms with Crippen LogP contribution in [0.5, 0.6) is 0 Å². The summed E-state index contributed by atoms with van der Waals surface area (Å²) >= 11 is 0. The maximum absolute atomic E-state index is 10.3. The zero-order chi connectivity index (χ0) is 19.6. The minimum atomic E-state index is -1.50. The van der Waals surface area contributed by atoms with Crippen molar-refractivity contribution in [3.63, 3.8) is 0 Å². The van der Waals surface area contributed by atoms with Crippen molar-refractivity contribution < 1.29 is 30.3 Å². The molecule has 3 aliphatic rings. The SMILES string of the molecule is C/C(=C/CNc1ncn(C2O[C@H](CO)[C@@H](O)[C@H](O)[C@H]2O)c2ncnc1-2)CO. The molecule has 0 saturated carbocycles. The highest BCUT2D eigenvalue weighted by molar-refractivity contribution is 5.67. The fourth-order valence-electron chi connectivity index (χ4n) is 2.87. The maximum atomic E-state index is 10.3. The van der Waals surface area contributed by atoms with Crippen LogP contribution in [0.15, 0.2) is 24.3 Å². The van der Waals surface area contributed by atoms with Crippen molar-refractivity contribution in [2.75, 3.05) is 25.1 Å². The summed E-state index contributed by atoms with van der Waals surface area (Å²) in [5.74, 6) is 0.796. The van der Waals surface area contributed by atoms with Crippen LogP contribution in [0.1, 0.15) is 13.2 Å². The summed E-state index contributed by atoms with van der Waals surface area (Å²) in [6.07, 6.45) is -2.05. The number of aromatic nitrogens is 4. The lowest BCUT2D eigenvalue weighted by molar-refractivity contribution is -0.251. The van der Waals surface area contributed by atoms with Gasteiger partial charge in [0.15, 0.2) is 23.6 Å². The van der Waals surface area contributed by atoms with Crippen molar-refractivity contribution in [2.45, 2.75) is 37.6 Å². The quantitative estimate of drug-likeness (QED) is 0.311. The highest BCUT2D eigenvalue weighted by Crippen LogP contribution is 2.33. The number of hydrogen-bond acceptors (Lipinski definition) is 10. The molecule has 0 aromatic carbocycles. The third kappa shape index (κ3) is 3.78. The molecule has 6 N–H and O–H groups in total. The van der Waals surface area contributed by atoms with Crippen LogP contribution < -0.4 is 5.32 Å². The molecule has 0 bridgehead atoms. The zero-order valence-corrected chi connectivity index (χ0v) is 14.7. The van der Waals surface area contributed by atoms with Crippen LogP contribution >= 0.6 is 0 Å². The summed E-state index contributed by atoms with van der Waals surface area (Å²) in [7, 11) is 0. The number of nitrogens with zero attached hydrogens (tertiary/aromatic N) is 4. The van der Waals surface area contributed by atoms with Crippen molar-refractivity contribution in [1.29, 1.82) is 0 Å². The van der Waals surface area contributed by atoms with Gasteiger partial charge in [-0.25, -0.2) is 15.0 Å². The number of imidazole rings is 1. The third-order valence-electron chi connectivity index (χ3n) is 4.47. The molecule has 3 heterocycles.